The standard InChI is InChI=1S/C25H24N4O2/c1-18(30)27-21-16-26-29(17-21)22-8-6-20(7-9-22)24(31)28-14-12-25(13-15-28)11-10-19-4-2-3-5-23(19)25/h2-11,16-17H,12-15H2,1H3,(H,27,30). The number of aromatic nitrogens is 2. The van der Waals surface area contributed by atoms with Gasteiger partial charge in [0.1, 0.15) is 0 Å². The van der Waals surface area contributed by atoms with Gasteiger partial charge in [-0.1, -0.05) is 36.4 Å². The van der Waals surface area contributed by atoms with Gasteiger partial charge in [-0.05, 0) is 48.2 Å². The van der Waals surface area contributed by atoms with E-state index in [1.165, 1.54) is 18.1 Å². The molecule has 0 atom stereocenters. The molecule has 0 saturated carbocycles. The number of carbonyl (C=O) groups is 2. The van der Waals surface area contributed by atoms with Crippen molar-refractivity contribution < 1.29 is 9.59 Å². The van der Waals surface area contributed by atoms with Gasteiger partial charge in [-0.3, -0.25) is 9.59 Å². The highest BCUT2D eigenvalue weighted by Gasteiger charge is 2.38. The van der Waals surface area contributed by atoms with Gasteiger partial charge >= 0.3 is 0 Å². The van der Waals surface area contributed by atoms with E-state index in [0.29, 0.717) is 11.3 Å². The van der Waals surface area contributed by atoms with E-state index in [9.17, 15) is 9.59 Å². The van der Waals surface area contributed by atoms with Crippen LogP contribution in [0.5, 0.6) is 0 Å². The summed E-state index contributed by atoms with van der Waals surface area (Å²) in [5.41, 5.74) is 4.91. The van der Waals surface area contributed by atoms with Crippen molar-refractivity contribution in [3.63, 3.8) is 0 Å². The predicted molar refractivity (Wildman–Crippen MR) is 120 cm³/mol. The lowest BCUT2D eigenvalue weighted by molar-refractivity contribution is -0.114. The van der Waals surface area contributed by atoms with E-state index in [-0.39, 0.29) is 17.2 Å². The normalized spacial score (nSPS) is 16.4. The summed E-state index contributed by atoms with van der Waals surface area (Å²) in [6, 6.07) is 16.0. The Balaban J connectivity index is 1.26. The third kappa shape index (κ3) is 3.54. The Morgan fingerprint density at radius 3 is 2.52 bits per heavy atom. The third-order valence-electron chi connectivity index (χ3n) is 6.30. The Kier molecular flexibility index (Phi) is 4.70. The van der Waals surface area contributed by atoms with Crippen LogP contribution in [-0.2, 0) is 10.2 Å². The molecule has 1 saturated heterocycles. The Morgan fingerprint density at radius 1 is 1.03 bits per heavy atom. The monoisotopic (exact) mass is 412 g/mol. The van der Waals surface area contributed by atoms with Crippen LogP contribution >= 0.6 is 0 Å². The van der Waals surface area contributed by atoms with Crippen LogP contribution < -0.4 is 5.32 Å². The third-order valence-corrected chi connectivity index (χ3v) is 6.30. The topological polar surface area (TPSA) is 67.2 Å². The SMILES string of the molecule is CC(=O)Nc1cnn(-c2ccc(C(=O)N3CCC4(C=Cc5ccccc54)CC3)cc2)c1. The Bertz CT molecular complexity index is 1170. The fraction of sp³-hybridized carbons (Fsp3) is 0.240. The van der Waals surface area contributed by atoms with Gasteiger partial charge in [0.05, 0.1) is 23.8 Å². The zero-order valence-electron chi connectivity index (χ0n) is 17.4. The van der Waals surface area contributed by atoms with E-state index in [1.807, 2.05) is 29.2 Å². The molecule has 156 valence electrons. The lowest BCUT2D eigenvalue weighted by Crippen LogP contribution is -2.44. The number of anilines is 1. The van der Waals surface area contributed by atoms with Crippen LogP contribution in [0.25, 0.3) is 11.8 Å². The molecule has 1 N–H and O–H groups in total. The first-order chi connectivity index (χ1) is 15.0. The first kappa shape index (κ1) is 19.3. The van der Waals surface area contributed by atoms with E-state index in [1.54, 1.807) is 17.1 Å². The van der Waals surface area contributed by atoms with E-state index >= 15 is 0 Å². The maximum Gasteiger partial charge on any atom is 0.253 e. The predicted octanol–water partition coefficient (Wildman–Crippen LogP) is 4.03. The molecule has 2 heterocycles. The molecule has 2 aromatic carbocycles. The number of hydrogen-bond donors (Lipinski definition) is 1. The van der Waals surface area contributed by atoms with Crippen molar-refractivity contribution in [3.8, 4) is 5.69 Å². The van der Waals surface area contributed by atoms with E-state index < -0.39 is 0 Å². The quantitative estimate of drug-likeness (QED) is 0.706. The number of amides is 2. The summed E-state index contributed by atoms with van der Waals surface area (Å²) in [7, 11) is 0. The molecule has 1 aliphatic carbocycles. The molecular weight excluding hydrogens is 388 g/mol. The lowest BCUT2D eigenvalue weighted by atomic mass is 9.74. The smallest absolute Gasteiger partial charge is 0.253 e. The van der Waals surface area contributed by atoms with Gasteiger partial charge in [0.2, 0.25) is 5.91 Å². The number of hydrogen-bond acceptors (Lipinski definition) is 3. The van der Waals surface area contributed by atoms with Gasteiger partial charge in [0.15, 0.2) is 0 Å². The van der Waals surface area contributed by atoms with Crippen LogP contribution in [0.1, 0.15) is 41.3 Å². The maximum atomic E-state index is 13.1. The van der Waals surface area contributed by atoms with Crippen molar-refractivity contribution in [3.05, 3.63) is 83.7 Å². The molecule has 1 aromatic heterocycles. The van der Waals surface area contributed by atoms with E-state index in [4.69, 9.17) is 0 Å². The molecule has 3 aromatic rings. The molecule has 0 radical (unpaired) electrons. The van der Waals surface area contributed by atoms with Crippen molar-refractivity contribution in [1.82, 2.24) is 14.7 Å². The molecule has 6 nitrogen and oxygen atoms in total. The molecule has 1 aliphatic heterocycles. The van der Waals surface area contributed by atoms with Crippen LogP contribution in [0.15, 0.2) is 67.0 Å². The molecule has 0 unspecified atom stereocenters. The second-order valence-electron chi connectivity index (χ2n) is 8.27. The second-order valence-corrected chi connectivity index (χ2v) is 8.27. The van der Waals surface area contributed by atoms with Crippen LogP contribution in [0, 0.1) is 0 Å². The number of rotatable bonds is 3. The summed E-state index contributed by atoms with van der Waals surface area (Å²) in [6.07, 6.45) is 9.79. The Labute approximate surface area is 181 Å². The Morgan fingerprint density at radius 2 is 1.77 bits per heavy atom. The fourth-order valence-electron chi connectivity index (χ4n) is 4.65. The van der Waals surface area contributed by atoms with Crippen LogP contribution in [-0.4, -0.2) is 39.6 Å². The summed E-state index contributed by atoms with van der Waals surface area (Å²) in [5.74, 6) is -0.0727. The maximum absolute atomic E-state index is 13.1. The largest absolute Gasteiger partial charge is 0.339 e. The second kappa shape index (κ2) is 7.54. The molecule has 6 heteroatoms. The van der Waals surface area contributed by atoms with Gasteiger partial charge < -0.3 is 10.2 Å². The van der Waals surface area contributed by atoms with Crippen molar-refractivity contribution >= 4 is 23.6 Å². The van der Waals surface area contributed by atoms with Crippen molar-refractivity contribution in [2.45, 2.75) is 25.2 Å². The number of fused-ring (bicyclic) bond motifs is 2. The van der Waals surface area contributed by atoms with Crippen LogP contribution in [0.4, 0.5) is 5.69 Å². The molecule has 31 heavy (non-hydrogen) atoms. The zero-order chi connectivity index (χ0) is 21.4. The van der Waals surface area contributed by atoms with Crippen LogP contribution in [0.3, 0.4) is 0 Å². The summed E-state index contributed by atoms with van der Waals surface area (Å²) < 4.78 is 1.67. The van der Waals surface area contributed by atoms with Crippen molar-refractivity contribution in [2.24, 2.45) is 0 Å². The first-order valence-electron chi connectivity index (χ1n) is 10.5. The highest BCUT2D eigenvalue weighted by Crippen LogP contribution is 2.43. The average molecular weight is 412 g/mol. The minimum Gasteiger partial charge on any atom is -0.339 e. The average Bonchev–Trinajstić information content (AvgIpc) is 3.39. The number of benzene rings is 2. The molecule has 2 amide bonds. The van der Waals surface area contributed by atoms with Gasteiger partial charge in [0.25, 0.3) is 5.91 Å². The first-order valence-corrected chi connectivity index (χ1v) is 10.5. The lowest BCUT2D eigenvalue weighted by Gasteiger charge is -2.39. The Hall–Kier alpha value is -3.67. The van der Waals surface area contributed by atoms with E-state index in [0.717, 1.165) is 31.6 Å². The highest BCUT2D eigenvalue weighted by atomic mass is 16.2. The minimum absolute atomic E-state index is 0.0658. The summed E-state index contributed by atoms with van der Waals surface area (Å²) in [4.78, 5) is 26.2. The molecule has 1 spiro atoms. The molecule has 5 rings (SSSR count). The highest BCUT2D eigenvalue weighted by molar-refractivity contribution is 5.94. The number of piperidine rings is 1. The summed E-state index contributed by atoms with van der Waals surface area (Å²) >= 11 is 0. The molecule has 0 bridgehead atoms. The summed E-state index contributed by atoms with van der Waals surface area (Å²) in [5, 5.41) is 6.97. The van der Waals surface area contributed by atoms with Gasteiger partial charge in [-0.2, -0.15) is 5.10 Å². The zero-order valence-corrected chi connectivity index (χ0v) is 17.4. The van der Waals surface area contributed by atoms with E-state index in [2.05, 4.69) is 46.8 Å². The molecule has 2 aliphatic rings. The van der Waals surface area contributed by atoms with Gasteiger partial charge in [-0.25, -0.2) is 4.68 Å². The van der Waals surface area contributed by atoms with Crippen LogP contribution in [0.2, 0.25) is 0 Å². The van der Waals surface area contributed by atoms with Crippen molar-refractivity contribution in [2.75, 3.05) is 18.4 Å². The minimum atomic E-state index is -0.139. The number of allylic oxidation sites excluding steroid dienone is 1. The summed E-state index contributed by atoms with van der Waals surface area (Å²) in [6.45, 7) is 2.96. The van der Waals surface area contributed by atoms with Crippen molar-refractivity contribution in [1.29, 1.82) is 0 Å². The number of nitrogens with one attached hydrogen (secondary N) is 1. The number of nitrogens with zero attached hydrogens (tertiary/aromatic N) is 3. The molecular formula is C25H24N4O2. The van der Waals surface area contributed by atoms with Gasteiger partial charge in [-0.15, -0.1) is 0 Å². The number of likely N-dealkylation sites (tertiary alicyclic amines) is 1. The number of carbonyl (C=O) groups excluding carboxylic acids is 2. The van der Waals surface area contributed by atoms with Gasteiger partial charge in [0, 0.05) is 31.0 Å². The molecule has 1 fully saturated rings. The fourth-order valence-corrected chi connectivity index (χ4v) is 4.65.